The lowest BCUT2D eigenvalue weighted by Crippen LogP contribution is -2.27. The molecule has 0 spiro atoms. The second-order valence-corrected chi connectivity index (χ2v) is 6.96. The van der Waals surface area contributed by atoms with Crippen molar-refractivity contribution >= 4 is 29.1 Å². The van der Waals surface area contributed by atoms with Gasteiger partial charge < -0.3 is 10.2 Å². The second-order valence-electron chi connectivity index (χ2n) is 6.55. The Kier molecular flexibility index (Phi) is 6.81. The van der Waals surface area contributed by atoms with Crippen LogP contribution in [0.2, 0.25) is 5.02 Å². The molecule has 2 aromatic carbocycles. The number of nitrogens with zero attached hydrogens (tertiary/aromatic N) is 1. The number of amides is 2. The number of hydrogen-bond donors (Lipinski definition) is 1. The molecule has 0 heterocycles. The maximum absolute atomic E-state index is 12.5. The third-order valence-electron chi connectivity index (χ3n) is 4.26. The average molecular weight is 373 g/mol. The van der Waals surface area contributed by atoms with Crippen LogP contribution in [0.15, 0.2) is 36.4 Å². The van der Waals surface area contributed by atoms with Gasteiger partial charge in [-0.1, -0.05) is 31.0 Å². The predicted molar refractivity (Wildman–Crippen MR) is 107 cm³/mol. The van der Waals surface area contributed by atoms with E-state index in [2.05, 4.69) is 12.2 Å². The molecule has 0 unspecified atom stereocenters. The molecule has 0 aromatic heterocycles. The van der Waals surface area contributed by atoms with E-state index < -0.39 is 0 Å². The third-order valence-corrected chi connectivity index (χ3v) is 4.56. The van der Waals surface area contributed by atoms with Crippen LogP contribution in [-0.4, -0.2) is 30.3 Å². The lowest BCUT2D eigenvalue weighted by Gasteiger charge is -2.17. The number of anilines is 1. The first kappa shape index (κ1) is 20.0. The first-order valence-electron chi connectivity index (χ1n) is 8.77. The number of unbranched alkanes of at least 4 members (excludes halogenated alkanes) is 1. The maximum atomic E-state index is 12.5. The standard InChI is InChI=1S/C21H25ClN2O2/c1-5-6-11-24(4)21(26)17-9-7-16(8-10-17)20(25)23-19-15(3)12-14(2)13-18(19)22/h7-10,12-13H,5-6,11H2,1-4H3,(H,23,25). The monoisotopic (exact) mass is 372 g/mol. The predicted octanol–water partition coefficient (Wildman–Crippen LogP) is 5.08. The van der Waals surface area contributed by atoms with Crippen molar-refractivity contribution in [3.8, 4) is 0 Å². The van der Waals surface area contributed by atoms with Crippen LogP contribution in [-0.2, 0) is 0 Å². The Bertz CT molecular complexity index is 777. The topological polar surface area (TPSA) is 49.4 Å². The van der Waals surface area contributed by atoms with Crippen LogP contribution in [0.4, 0.5) is 5.69 Å². The summed E-state index contributed by atoms with van der Waals surface area (Å²) in [6.07, 6.45) is 2.01. The zero-order valence-electron chi connectivity index (χ0n) is 15.7. The van der Waals surface area contributed by atoms with Crippen molar-refractivity contribution in [3.63, 3.8) is 0 Å². The molecular formula is C21H25ClN2O2. The Labute approximate surface area is 160 Å². The summed E-state index contributed by atoms with van der Waals surface area (Å²) >= 11 is 6.24. The fourth-order valence-corrected chi connectivity index (χ4v) is 3.11. The van der Waals surface area contributed by atoms with Gasteiger partial charge in [-0.3, -0.25) is 9.59 Å². The molecule has 1 N–H and O–H groups in total. The Hall–Kier alpha value is -2.33. The van der Waals surface area contributed by atoms with Gasteiger partial charge in [0.05, 0.1) is 10.7 Å². The Morgan fingerprint density at radius 2 is 1.69 bits per heavy atom. The number of benzene rings is 2. The number of aryl methyl sites for hydroxylation is 2. The van der Waals surface area contributed by atoms with E-state index in [1.54, 1.807) is 36.2 Å². The quantitative estimate of drug-likeness (QED) is 0.768. The maximum Gasteiger partial charge on any atom is 0.255 e. The Morgan fingerprint density at radius 3 is 2.27 bits per heavy atom. The van der Waals surface area contributed by atoms with Gasteiger partial charge in [-0.25, -0.2) is 0 Å². The molecule has 0 saturated carbocycles. The van der Waals surface area contributed by atoms with Gasteiger partial charge in [0.25, 0.3) is 11.8 Å². The molecule has 4 nitrogen and oxygen atoms in total. The first-order chi connectivity index (χ1) is 12.3. The van der Waals surface area contributed by atoms with Gasteiger partial charge in [-0.15, -0.1) is 0 Å². The van der Waals surface area contributed by atoms with Crippen molar-refractivity contribution in [2.45, 2.75) is 33.6 Å². The van der Waals surface area contributed by atoms with Gasteiger partial charge in [0.2, 0.25) is 0 Å². The van der Waals surface area contributed by atoms with Crippen molar-refractivity contribution in [1.29, 1.82) is 0 Å². The van der Waals surface area contributed by atoms with Gasteiger partial charge in [-0.2, -0.15) is 0 Å². The highest BCUT2D eigenvalue weighted by molar-refractivity contribution is 6.34. The fraction of sp³-hybridized carbons (Fsp3) is 0.333. The highest BCUT2D eigenvalue weighted by Gasteiger charge is 2.14. The normalized spacial score (nSPS) is 10.5. The molecule has 0 aliphatic rings. The van der Waals surface area contributed by atoms with Crippen molar-refractivity contribution < 1.29 is 9.59 Å². The van der Waals surface area contributed by atoms with E-state index in [1.165, 1.54) is 0 Å². The van der Waals surface area contributed by atoms with Crippen molar-refractivity contribution in [2.75, 3.05) is 18.9 Å². The Balaban J connectivity index is 2.11. The van der Waals surface area contributed by atoms with E-state index in [-0.39, 0.29) is 11.8 Å². The van der Waals surface area contributed by atoms with Crippen LogP contribution in [0, 0.1) is 13.8 Å². The second kappa shape index (κ2) is 8.86. The highest BCUT2D eigenvalue weighted by atomic mass is 35.5. The molecule has 138 valence electrons. The zero-order valence-corrected chi connectivity index (χ0v) is 16.5. The van der Waals surface area contributed by atoms with Crippen molar-refractivity contribution in [2.24, 2.45) is 0 Å². The summed E-state index contributed by atoms with van der Waals surface area (Å²) in [5, 5.41) is 3.37. The van der Waals surface area contributed by atoms with E-state index in [4.69, 9.17) is 11.6 Å². The van der Waals surface area contributed by atoms with Crippen molar-refractivity contribution in [1.82, 2.24) is 4.90 Å². The summed E-state index contributed by atoms with van der Waals surface area (Å²) < 4.78 is 0. The summed E-state index contributed by atoms with van der Waals surface area (Å²) in [5.74, 6) is -0.292. The molecule has 2 amide bonds. The lowest BCUT2D eigenvalue weighted by atomic mass is 10.1. The van der Waals surface area contributed by atoms with Gasteiger partial charge in [0.15, 0.2) is 0 Å². The van der Waals surface area contributed by atoms with Crippen LogP contribution >= 0.6 is 11.6 Å². The number of nitrogens with one attached hydrogen (secondary N) is 1. The number of halogens is 1. The molecule has 2 aromatic rings. The lowest BCUT2D eigenvalue weighted by molar-refractivity contribution is 0.0792. The molecule has 0 saturated heterocycles. The largest absolute Gasteiger partial charge is 0.342 e. The van der Waals surface area contributed by atoms with Gasteiger partial charge in [0.1, 0.15) is 0 Å². The van der Waals surface area contributed by atoms with E-state index in [0.717, 1.165) is 30.5 Å². The molecule has 26 heavy (non-hydrogen) atoms. The molecule has 0 bridgehead atoms. The summed E-state index contributed by atoms with van der Waals surface area (Å²) in [5.41, 5.74) is 3.62. The first-order valence-corrected chi connectivity index (χ1v) is 9.15. The summed E-state index contributed by atoms with van der Waals surface area (Å²) in [4.78, 5) is 26.5. The van der Waals surface area contributed by atoms with Crippen LogP contribution in [0.3, 0.4) is 0 Å². The molecule has 0 radical (unpaired) electrons. The SMILES string of the molecule is CCCCN(C)C(=O)c1ccc(C(=O)Nc2c(C)cc(C)cc2Cl)cc1. The van der Waals surface area contributed by atoms with Crippen molar-refractivity contribution in [3.05, 3.63) is 63.7 Å². The zero-order chi connectivity index (χ0) is 19.3. The minimum atomic E-state index is -0.253. The number of hydrogen-bond acceptors (Lipinski definition) is 2. The van der Waals surface area contributed by atoms with E-state index in [0.29, 0.717) is 21.8 Å². The molecule has 0 aliphatic carbocycles. The number of carbonyl (C=O) groups excluding carboxylic acids is 2. The van der Waals surface area contributed by atoms with Gasteiger partial charge >= 0.3 is 0 Å². The molecule has 2 rings (SSSR count). The van der Waals surface area contributed by atoms with E-state index in [1.807, 2.05) is 26.0 Å². The smallest absolute Gasteiger partial charge is 0.255 e. The van der Waals surface area contributed by atoms with Gasteiger partial charge in [0, 0.05) is 24.7 Å². The van der Waals surface area contributed by atoms with Crippen LogP contribution in [0.1, 0.15) is 51.6 Å². The number of rotatable bonds is 6. The van der Waals surface area contributed by atoms with Crippen LogP contribution in [0.25, 0.3) is 0 Å². The average Bonchev–Trinajstić information content (AvgIpc) is 2.62. The number of carbonyl (C=O) groups is 2. The van der Waals surface area contributed by atoms with E-state index in [9.17, 15) is 9.59 Å². The third kappa shape index (κ3) is 4.85. The Morgan fingerprint density at radius 1 is 1.08 bits per heavy atom. The minimum absolute atomic E-state index is 0.0390. The van der Waals surface area contributed by atoms with E-state index >= 15 is 0 Å². The summed E-state index contributed by atoms with van der Waals surface area (Å²) in [6.45, 7) is 6.68. The molecule has 0 atom stereocenters. The molecule has 5 heteroatoms. The minimum Gasteiger partial charge on any atom is -0.342 e. The van der Waals surface area contributed by atoms with Crippen LogP contribution < -0.4 is 5.32 Å². The fourth-order valence-electron chi connectivity index (χ4n) is 2.74. The van der Waals surface area contributed by atoms with Gasteiger partial charge in [-0.05, 0) is 61.7 Å². The highest BCUT2D eigenvalue weighted by Crippen LogP contribution is 2.27. The van der Waals surface area contributed by atoms with Crippen LogP contribution in [0.5, 0.6) is 0 Å². The summed E-state index contributed by atoms with van der Waals surface area (Å²) in [6, 6.07) is 10.5. The molecule has 0 aliphatic heterocycles. The molecular weight excluding hydrogens is 348 g/mol. The molecule has 0 fully saturated rings. The summed E-state index contributed by atoms with van der Waals surface area (Å²) in [7, 11) is 1.79.